The zero-order valence-electron chi connectivity index (χ0n) is 16.6. The lowest BCUT2D eigenvalue weighted by atomic mass is 9.91. The van der Waals surface area contributed by atoms with Crippen LogP contribution in [0.5, 0.6) is 11.5 Å². The molecule has 0 aliphatic carbocycles. The molecule has 0 saturated carbocycles. The van der Waals surface area contributed by atoms with E-state index >= 15 is 0 Å². The van der Waals surface area contributed by atoms with Gasteiger partial charge < -0.3 is 19.1 Å². The first kappa shape index (κ1) is 20.0. The molecule has 8 nitrogen and oxygen atoms in total. The Kier molecular flexibility index (Phi) is 6.38. The lowest BCUT2D eigenvalue weighted by molar-refractivity contribution is -0.153. The molecule has 0 spiro atoms. The number of benzene rings is 1. The van der Waals surface area contributed by atoms with Crippen LogP contribution in [0.3, 0.4) is 0 Å². The van der Waals surface area contributed by atoms with Crippen molar-refractivity contribution in [2.24, 2.45) is 10.9 Å². The second-order valence-corrected chi connectivity index (χ2v) is 6.78. The molecule has 0 unspecified atom stereocenters. The first-order valence-electron chi connectivity index (χ1n) is 9.61. The summed E-state index contributed by atoms with van der Waals surface area (Å²) in [5, 5.41) is 2.81. The fourth-order valence-electron chi connectivity index (χ4n) is 3.61. The summed E-state index contributed by atoms with van der Waals surface area (Å²) in [5.74, 6) is -0.422. The molecular formula is C20H27N3O5. The fourth-order valence-corrected chi connectivity index (χ4v) is 3.61. The number of piperidine rings is 1. The Bertz CT molecular complexity index is 758. The van der Waals surface area contributed by atoms with Gasteiger partial charge in [-0.15, -0.1) is 0 Å². The molecule has 8 heteroatoms. The standard InChI is InChI=1S/C20H27N3O5/c1-4-28-19(25)16-17(13-8-9-14(26-2)15(12-13)27-3)21-20(22-18(16)24)23-10-6-5-7-11-23/h8-9,12,16-17H,4-7,10-11H2,1-3H3,(H,21,22,24)/t16-,17+/m0/s1. The topological polar surface area (TPSA) is 89.5 Å². The van der Waals surface area contributed by atoms with Crippen LogP contribution in [0.4, 0.5) is 0 Å². The lowest BCUT2D eigenvalue weighted by Gasteiger charge is -2.35. The van der Waals surface area contributed by atoms with Gasteiger partial charge in [0.05, 0.1) is 20.8 Å². The highest BCUT2D eigenvalue weighted by Gasteiger charge is 2.42. The number of ether oxygens (including phenoxy) is 3. The van der Waals surface area contributed by atoms with Crippen molar-refractivity contribution in [3.8, 4) is 11.5 Å². The van der Waals surface area contributed by atoms with E-state index in [1.165, 1.54) is 6.42 Å². The van der Waals surface area contributed by atoms with Crippen molar-refractivity contribution in [1.82, 2.24) is 10.2 Å². The number of aliphatic imine (C=N–C) groups is 1. The van der Waals surface area contributed by atoms with Crippen LogP contribution in [0, 0.1) is 5.92 Å². The summed E-state index contributed by atoms with van der Waals surface area (Å²) in [6.45, 7) is 3.58. The van der Waals surface area contributed by atoms with Crippen LogP contribution >= 0.6 is 0 Å². The van der Waals surface area contributed by atoms with E-state index in [-0.39, 0.29) is 6.61 Å². The summed E-state index contributed by atoms with van der Waals surface area (Å²) in [4.78, 5) is 32.2. The Morgan fingerprint density at radius 2 is 1.89 bits per heavy atom. The molecule has 28 heavy (non-hydrogen) atoms. The van der Waals surface area contributed by atoms with E-state index in [0.717, 1.165) is 25.9 Å². The quantitative estimate of drug-likeness (QED) is 0.611. The molecule has 2 aliphatic heterocycles. The van der Waals surface area contributed by atoms with Crippen LogP contribution in [-0.2, 0) is 14.3 Å². The van der Waals surface area contributed by atoms with E-state index < -0.39 is 23.8 Å². The molecule has 3 rings (SSSR count). The Morgan fingerprint density at radius 3 is 2.54 bits per heavy atom. The van der Waals surface area contributed by atoms with E-state index in [2.05, 4.69) is 10.2 Å². The zero-order chi connectivity index (χ0) is 20.1. The third-order valence-corrected chi connectivity index (χ3v) is 5.04. The molecule has 2 aliphatic rings. The monoisotopic (exact) mass is 389 g/mol. The number of hydrogen-bond donors (Lipinski definition) is 1. The first-order valence-corrected chi connectivity index (χ1v) is 9.61. The molecule has 1 aromatic carbocycles. The van der Waals surface area contributed by atoms with Gasteiger partial charge in [-0.3, -0.25) is 14.9 Å². The van der Waals surface area contributed by atoms with E-state index in [0.29, 0.717) is 23.0 Å². The highest BCUT2D eigenvalue weighted by molar-refractivity contribution is 6.08. The van der Waals surface area contributed by atoms with Crippen molar-refractivity contribution < 1.29 is 23.8 Å². The largest absolute Gasteiger partial charge is 0.493 e. The number of methoxy groups -OCH3 is 2. The number of carbonyl (C=O) groups is 2. The van der Waals surface area contributed by atoms with Gasteiger partial charge >= 0.3 is 5.97 Å². The predicted octanol–water partition coefficient (Wildman–Crippen LogP) is 1.90. The normalized spacial score (nSPS) is 22.2. The Morgan fingerprint density at radius 1 is 1.18 bits per heavy atom. The molecule has 0 aromatic heterocycles. The van der Waals surface area contributed by atoms with E-state index in [9.17, 15) is 9.59 Å². The number of nitrogens with zero attached hydrogens (tertiary/aromatic N) is 2. The lowest BCUT2D eigenvalue weighted by Crippen LogP contribution is -2.53. The number of esters is 1. The van der Waals surface area contributed by atoms with Crippen LogP contribution in [0.25, 0.3) is 0 Å². The van der Waals surface area contributed by atoms with Crippen LogP contribution < -0.4 is 14.8 Å². The first-order chi connectivity index (χ1) is 13.6. The molecule has 1 saturated heterocycles. The molecule has 0 bridgehead atoms. The minimum Gasteiger partial charge on any atom is -0.493 e. The second-order valence-electron chi connectivity index (χ2n) is 6.78. The summed E-state index contributed by atoms with van der Waals surface area (Å²) >= 11 is 0. The van der Waals surface area contributed by atoms with Gasteiger partial charge in [0.1, 0.15) is 6.04 Å². The van der Waals surface area contributed by atoms with Crippen molar-refractivity contribution in [1.29, 1.82) is 0 Å². The minimum absolute atomic E-state index is 0.198. The highest BCUT2D eigenvalue weighted by atomic mass is 16.5. The summed E-state index contributed by atoms with van der Waals surface area (Å²) in [5.41, 5.74) is 0.695. The van der Waals surface area contributed by atoms with Gasteiger partial charge in [-0.25, -0.2) is 4.99 Å². The molecular weight excluding hydrogens is 362 g/mol. The molecule has 0 radical (unpaired) electrons. The van der Waals surface area contributed by atoms with Crippen LogP contribution in [0.2, 0.25) is 0 Å². The Hall–Kier alpha value is -2.77. The molecule has 1 fully saturated rings. The third-order valence-electron chi connectivity index (χ3n) is 5.04. The molecule has 1 aromatic rings. The SMILES string of the molecule is CCOC(=O)[C@@H]1C(=O)NC(N2CCCCC2)=N[C@@H]1c1ccc(OC)c(OC)c1. The molecule has 1 amide bonds. The van der Waals surface area contributed by atoms with Gasteiger partial charge in [-0.1, -0.05) is 6.07 Å². The minimum atomic E-state index is -1.05. The van der Waals surface area contributed by atoms with Gasteiger partial charge in [0, 0.05) is 13.1 Å². The number of amides is 1. The van der Waals surface area contributed by atoms with Gasteiger partial charge in [0.25, 0.3) is 0 Å². The Balaban J connectivity index is 2.01. The van der Waals surface area contributed by atoms with Crippen LogP contribution in [0.15, 0.2) is 23.2 Å². The predicted molar refractivity (Wildman–Crippen MR) is 103 cm³/mol. The zero-order valence-corrected chi connectivity index (χ0v) is 16.6. The maximum absolute atomic E-state index is 12.8. The number of guanidine groups is 1. The summed E-state index contributed by atoms with van der Waals surface area (Å²) in [6, 6.07) is 4.61. The molecule has 152 valence electrons. The van der Waals surface area contributed by atoms with Gasteiger partial charge in [-0.05, 0) is 43.9 Å². The van der Waals surface area contributed by atoms with Crippen LogP contribution in [-0.4, -0.2) is 56.7 Å². The maximum atomic E-state index is 12.8. The third kappa shape index (κ3) is 4.05. The molecule has 2 atom stereocenters. The van der Waals surface area contributed by atoms with Gasteiger partial charge in [0.2, 0.25) is 11.9 Å². The summed E-state index contributed by atoms with van der Waals surface area (Å²) in [7, 11) is 3.10. The smallest absolute Gasteiger partial charge is 0.321 e. The van der Waals surface area contributed by atoms with Gasteiger partial charge in [-0.2, -0.15) is 0 Å². The van der Waals surface area contributed by atoms with Crippen molar-refractivity contribution >= 4 is 17.8 Å². The van der Waals surface area contributed by atoms with Crippen molar-refractivity contribution in [3.05, 3.63) is 23.8 Å². The highest BCUT2D eigenvalue weighted by Crippen LogP contribution is 2.36. The average molecular weight is 389 g/mol. The second kappa shape index (κ2) is 8.95. The summed E-state index contributed by atoms with van der Waals surface area (Å²) < 4.78 is 15.8. The van der Waals surface area contributed by atoms with Crippen molar-refractivity contribution in [2.75, 3.05) is 33.9 Å². The number of likely N-dealkylation sites (tertiary alicyclic amines) is 1. The summed E-state index contributed by atoms with van der Waals surface area (Å²) in [6.07, 6.45) is 3.27. The maximum Gasteiger partial charge on any atom is 0.321 e. The Labute approximate surface area is 164 Å². The molecule has 1 N–H and O–H groups in total. The number of rotatable bonds is 5. The molecule has 2 heterocycles. The number of hydrogen-bond acceptors (Lipinski definition) is 7. The van der Waals surface area contributed by atoms with E-state index in [4.69, 9.17) is 19.2 Å². The van der Waals surface area contributed by atoms with Crippen LogP contribution in [0.1, 0.15) is 37.8 Å². The van der Waals surface area contributed by atoms with Crippen molar-refractivity contribution in [2.45, 2.75) is 32.2 Å². The van der Waals surface area contributed by atoms with E-state index in [1.54, 1.807) is 39.3 Å². The van der Waals surface area contributed by atoms with Gasteiger partial charge in [0.15, 0.2) is 17.4 Å². The fraction of sp³-hybridized carbons (Fsp3) is 0.550. The number of nitrogens with one attached hydrogen (secondary N) is 1. The van der Waals surface area contributed by atoms with E-state index in [1.807, 2.05) is 0 Å². The number of carbonyl (C=O) groups excluding carboxylic acids is 2. The van der Waals surface area contributed by atoms with Crippen molar-refractivity contribution in [3.63, 3.8) is 0 Å². The average Bonchev–Trinajstić information content (AvgIpc) is 2.73.